The molecule has 0 saturated heterocycles. The van der Waals surface area contributed by atoms with Crippen molar-refractivity contribution in [3.63, 3.8) is 0 Å². The van der Waals surface area contributed by atoms with Gasteiger partial charge in [0, 0.05) is 23.7 Å². The number of amides is 1. The average Bonchev–Trinajstić information content (AvgIpc) is 2.67. The molecular formula is C22H17NO4. The molecule has 0 spiro atoms. The molecule has 134 valence electrons. The highest BCUT2D eigenvalue weighted by Crippen LogP contribution is 2.44. The maximum absolute atomic E-state index is 13.0. The molecule has 1 aliphatic heterocycles. The summed E-state index contributed by atoms with van der Waals surface area (Å²) in [7, 11) is 0. The highest BCUT2D eigenvalue weighted by molar-refractivity contribution is 5.89. The highest BCUT2D eigenvalue weighted by atomic mass is 16.5. The third kappa shape index (κ3) is 3.40. The Balaban J connectivity index is 1.63. The Hall–Kier alpha value is -3.60. The molecule has 0 bridgehead atoms. The predicted octanol–water partition coefficient (Wildman–Crippen LogP) is 4.49. The number of esters is 1. The first-order valence-electron chi connectivity index (χ1n) is 8.57. The van der Waals surface area contributed by atoms with E-state index in [-0.39, 0.29) is 11.9 Å². The van der Waals surface area contributed by atoms with Gasteiger partial charge in [-0.2, -0.15) is 0 Å². The van der Waals surface area contributed by atoms with Gasteiger partial charge in [-0.15, -0.1) is 0 Å². The quantitative estimate of drug-likeness (QED) is 0.553. The molecular weight excluding hydrogens is 342 g/mol. The van der Waals surface area contributed by atoms with Gasteiger partial charge in [0.15, 0.2) is 0 Å². The van der Waals surface area contributed by atoms with Crippen LogP contribution in [0.5, 0.6) is 17.2 Å². The lowest BCUT2D eigenvalue weighted by atomic mass is 9.88. The fraction of sp³-hybridized carbons (Fsp3) is 0.0909. The molecule has 5 heteroatoms. The van der Waals surface area contributed by atoms with E-state index in [1.165, 1.54) is 6.92 Å². The Morgan fingerprint density at radius 3 is 1.96 bits per heavy atom. The topological polar surface area (TPSA) is 64.6 Å². The molecule has 0 radical (unpaired) electrons. The molecule has 1 N–H and O–H groups in total. The lowest BCUT2D eigenvalue weighted by Gasteiger charge is -2.26. The smallest absolute Gasteiger partial charge is 0.323 e. The molecule has 0 atom stereocenters. The van der Waals surface area contributed by atoms with Gasteiger partial charge < -0.3 is 14.8 Å². The second kappa shape index (κ2) is 6.96. The number of hydrogen-bond acceptors (Lipinski definition) is 4. The van der Waals surface area contributed by atoms with Crippen molar-refractivity contribution in [1.82, 2.24) is 0 Å². The zero-order chi connectivity index (χ0) is 18.8. The summed E-state index contributed by atoms with van der Waals surface area (Å²) in [5.41, 5.74) is 2.19. The molecule has 1 amide bonds. The molecule has 3 aromatic rings. The number of rotatable bonds is 3. The average molecular weight is 359 g/mol. The number of nitrogens with one attached hydrogen (secondary N) is 1. The summed E-state index contributed by atoms with van der Waals surface area (Å²) < 4.78 is 11.5. The van der Waals surface area contributed by atoms with Crippen LogP contribution in [-0.2, 0) is 9.59 Å². The van der Waals surface area contributed by atoms with Crippen molar-refractivity contribution in [3.8, 4) is 17.2 Å². The van der Waals surface area contributed by atoms with Crippen LogP contribution in [-0.4, -0.2) is 11.9 Å². The molecule has 0 unspecified atom stereocenters. The number of anilines is 1. The fourth-order valence-electron chi connectivity index (χ4n) is 3.15. The third-order valence-corrected chi connectivity index (χ3v) is 4.31. The van der Waals surface area contributed by atoms with Gasteiger partial charge in [0.2, 0.25) is 5.91 Å². The van der Waals surface area contributed by atoms with Crippen molar-refractivity contribution in [2.24, 2.45) is 0 Å². The third-order valence-electron chi connectivity index (χ3n) is 4.31. The summed E-state index contributed by atoms with van der Waals surface area (Å²) in [6, 6.07) is 21.6. The number of fused-ring (bicyclic) bond motifs is 2. The van der Waals surface area contributed by atoms with E-state index in [0.29, 0.717) is 22.9 Å². The standard InChI is InChI=1S/C22H17NO4/c1-14(24)23-15-10-12-16(13-11-15)26-22(25)21-17-6-2-4-8-19(17)27-20-9-5-3-7-18(20)21/h2-13,21H,1H3,(H,23,24). The zero-order valence-electron chi connectivity index (χ0n) is 14.6. The molecule has 3 aromatic carbocycles. The zero-order valence-corrected chi connectivity index (χ0v) is 14.6. The number of carbonyl (C=O) groups is 2. The van der Waals surface area contributed by atoms with Gasteiger partial charge in [0.25, 0.3) is 0 Å². The maximum atomic E-state index is 13.0. The van der Waals surface area contributed by atoms with Crippen molar-refractivity contribution in [2.75, 3.05) is 5.32 Å². The summed E-state index contributed by atoms with van der Waals surface area (Å²) in [5, 5.41) is 2.68. The Labute approximate surface area is 156 Å². The van der Waals surface area contributed by atoms with E-state index in [1.54, 1.807) is 24.3 Å². The van der Waals surface area contributed by atoms with Gasteiger partial charge in [-0.05, 0) is 36.4 Å². The van der Waals surface area contributed by atoms with Crippen LogP contribution in [0.15, 0.2) is 72.8 Å². The molecule has 1 heterocycles. The number of para-hydroxylation sites is 2. The summed E-state index contributed by atoms with van der Waals surface area (Å²) in [6.45, 7) is 1.44. The van der Waals surface area contributed by atoms with Crippen molar-refractivity contribution in [1.29, 1.82) is 0 Å². The summed E-state index contributed by atoms with van der Waals surface area (Å²) in [5.74, 6) is 0.607. The van der Waals surface area contributed by atoms with E-state index in [2.05, 4.69) is 5.32 Å². The van der Waals surface area contributed by atoms with E-state index in [9.17, 15) is 9.59 Å². The second-order valence-electron chi connectivity index (χ2n) is 6.24. The minimum Gasteiger partial charge on any atom is -0.457 e. The Kier molecular flexibility index (Phi) is 4.34. The Morgan fingerprint density at radius 2 is 1.41 bits per heavy atom. The van der Waals surface area contributed by atoms with Crippen molar-refractivity contribution in [2.45, 2.75) is 12.8 Å². The number of ether oxygens (including phenoxy) is 2. The first kappa shape index (κ1) is 16.8. The van der Waals surface area contributed by atoms with Crippen molar-refractivity contribution in [3.05, 3.63) is 83.9 Å². The van der Waals surface area contributed by atoms with Gasteiger partial charge in [-0.3, -0.25) is 9.59 Å². The molecule has 4 rings (SSSR count). The minimum atomic E-state index is -0.568. The Morgan fingerprint density at radius 1 is 0.852 bits per heavy atom. The molecule has 0 saturated carbocycles. The first-order valence-corrected chi connectivity index (χ1v) is 8.57. The fourth-order valence-corrected chi connectivity index (χ4v) is 3.15. The van der Waals surface area contributed by atoms with Crippen molar-refractivity contribution < 1.29 is 19.1 Å². The molecule has 0 aliphatic carbocycles. The lowest BCUT2D eigenvalue weighted by molar-refractivity contribution is -0.135. The number of carbonyl (C=O) groups excluding carboxylic acids is 2. The van der Waals surface area contributed by atoms with E-state index in [4.69, 9.17) is 9.47 Å². The molecule has 1 aliphatic rings. The molecule has 5 nitrogen and oxygen atoms in total. The summed E-state index contributed by atoms with van der Waals surface area (Å²) >= 11 is 0. The van der Waals surface area contributed by atoms with Gasteiger partial charge >= 0.3 is 5.97 Å². The second-order valence-corrected chi connectivity index (χ2v) is 6.24. The summed E-state index contributed by atoms with van der Waals surface area (Å²) in [6.07, 6.45) is 0. The summed E-state index contributed by atoms with van der Waals surface area (Å²) in [4.78, 5) is 24.1. The largest absolute Gasteiger partial charge is 0.457 e. The molecule has 0 aromatic heterocycles. The number of benzene rings is 3. The lowest BCUT2D eigenvalue weighted by Crippen LogP contribution is -2.23. The van der Waals surface area contributed by atoms with Gasteiger partial charge in [0.1, 0.15) is 23.2 Å². The van der Waals surface area contributed by atoms with Crippen LogP contribution in [0.3, 0.4) is 0 Å². The minimum absolute atomic E-state index is 0.157. The van der Waals surface area contributed by atoms with E-state index in [1.807, 2.05) is 48.5 Å². The van der Waals surface area contributed by atoms with Crippen LogP contribution in [0, 0.1) is 0 Å². The molecule has 0 fully saturated rings. The SMILES string of the molecule is CC(=O)Nc1ccc(OC(=O)C2c3ccccc3Oc3ccccc32)cc1. The van der Waals surface area contributed by atoms with Gasteiger partial charge in [-0.1, -0.05) is 36.4 Å². The van der Waals surface area contributed by atoms with E-state index in [0.717, 1.165) is 11.1 Å². The van der Waals surface area contributed by atoms with Gasteiger partial charge in [0.05, 0.1) is 0 Å². The van der Waals surface area contributed by atoms with Crippen molar-refractivity contribution >= 4 is 17.6 Å². The van der Waals surface area contributed by atoms with Crippen LogP contribution in [0.2, 0.25) is 0 Å². The normalized spacial score (nSPS) is 12.3. The number of hydrogen-bond donors (Lipinski definition) is 1. The Bertz CT molecular complexity index is 965. The van der Waals surface area contributed by atoms with Crippen LogP contribution < -0.4 is 14.8 Å². The van der Waals surface area contributed by atoms with Crippen LogP contribution in [0.1, 0.15) is 24.0 Å². The van der Waals surface area contributed by atoms with Crippen LogP contribution >= 0.6 is 0 Å². The van der Waals surface area contributed by atoms with Gasteiger partial charge in [-0.25, -0.2) is 0 Å². The predicted molar refractivity (Wildman–Crippen MR) is 101 cm³/mol. The van der Waals surface area contributed by atoms with Crippen LogP contribution in [0.25, 0.3) is 0 Å². The molecule has 27 heavy (non-hydrogen) atoms. The van der Waals surface area contributed by atoms with E-state index < -0.39 is 5.92 Å². The highest BCUT2D eigenvalue weighted by Gasteiger charge is 2.33. The first-order chi connectivity index (χ1) is 13.1. The maximum Gasteiger partial charge on any atom is 0.323 e. The van der Waals surface area contributed by atoms with Crippen LogP contribution in [0.4, 0.5) is 5.69 Å². The van der Waals surface area contributed by atoms with E-state index >= 15 is 0 Å². The monoisotopic (exact) mass is 359 g/mol.